The monoisotopic (exact) mass is 346 g/mol. The SMILES string of the molecule is CC(=O)NC1=NC(=O)C(=Cc2ccc(-c3ccc(Cl)cc3)o2)S1. The van der Waals surface area contributed by atoms with Crippen LogP contribution < -0.4 is 5.32 Å². The van der Waals surface area contributed by atoms with E-state index in [0.29, 0.717) is 21.4 Å². The van der Waals surface area contributed by atoms with Crippen LogP contribution in [0.1, 0.15) is 12.7 Å². The van der Waals surface area contributed by atoms with Crippen molar-refractivity contribution in [2.45, 2.75) is 6.92 Å². The average Bonchev–Trinajstić information content (AvgIpc) is 3.07. The average molecular weight is 347 g/mol. The van der Waals surface area contributed by atoms with Gasteiger partial charge in [-0.2, -0.15) is 4.99 Å². The minimum absolute atomic E-state index is 0.270. The highest BCUT2D eigenvalue weighted by atomic mass is 35.5. The van der Waals surface area contributed by atoms with Crippen LogP contribution in [0.25, 0.3) is 17.4 Å². The summed E-state index contributed by atoms with van der Waals surface area (Å²) in [5.74, 6) is 0.536. The summed E-state index contributed by atoms with van der Waals surface area (Å²) < 4.78 is 5.71. The Morgan fingerprint density at radius 3 is 2.70 bits per heavy atom. The van der Waals surface area contributed by atoms with Gasteiger partial charge in [0.05, 0.1) is 4.91 Å². The van der Waals surface area contributed by atoms with Crippen LogP contribution >= 0.6 is 23.4 Å². The van der Waals surface area contributed by atoms with Gasteiger partial charge in [-0.1, -0.05) is 11.6 Å². The lowest BCUT2D eigenvalue weighted by molar-refractivity contribution is -0.117. The Balaban J connectivity index is 1.78. The van der Waals surface area contributed by atoms with Crippen molar-refractivity contribution < 1.29 is 14.0 Å². The maximum Gasteiger partial charge on any atom is 0.286 e. The van der Waals surface area contributed by atoms with Crippen molar-refractivity contribution in [3.63, 3.8) is 0 Å². The van der Waals surface area contributed by atoms with Crippen molar-refractivity contribution in [1.82, 2.24) is 5.32 Å². The van der Waals surface area contributed by atoms with Crippen molar-refractivity contribution >= 4 is 46.4 Å². The smallest absolute Gasteiger partial charge is 0.286 e. The first-order chi connectivity index (χ1) is 11.0. The minimum Gasteiger partial charge on any atom is -0.457 e. The molecule has 7 heteroatoms. The number of aliphatic imine (C=N–C) groups is 1. The van der Waals surface area contributed by atoms with Crippen LogP contribution in [0.3, 0.4) is 0 Å². The van der Waals surface area contributed by atoms with Gasteiger partial charge < -0.3 is 9.73 Å². The number of halogens is 1. The number of thioether (sulfide) groups is 1. The molecule has 2 amide bonds. The van der Waals surface area contributed by atoms with Crippen LogP contribution in [0.15, 0.2) is 50.7 Å². The molecule has 2 heterocycles. The van der Waals surface area contributed by atoms with Gasteiger partial charge in [0.15, 0.2) is 5.17 Å². The molecule has 0 atom stereocenters. The van der Waals surface area contributed by atoms with E-state index in [2.05, 4.69) is 10.3 Å². The Kier molecular flexibility index (Phi) is 4.36. The maximum absolute atomic E-state index is 11.8. The molecule has 2 aromatic rings. The molecule has 3 rings (SSSR count). The molecular weight excluding hydrogens is 336 g/mol. The number of hydrogen-bond donors (Lipinski definition) is 1. The van der Waals surface area contributed by atoms with Crippen LogP contribution in [0.5, 0.6) is 0 Å². The van der Waals surface area contributed by atoms with Crippen molar-refractivity contribution in [3.05, 3.63) is 52.1 Å². The molecule has 0 saturated carbocycles. The summed E-state index contributed by atoms with van der Waals surface area (Å²) in [5.41, 5.74) is 0.889. The fraction of sp³-hybridized carbons (Fsp3) is 0.0625. The van der Waals surface area contributed by atoms with Gasteiger partial charge in [-0.25, -0.2) is 0 Å². The highest BCUT2D eigenvalue weighted by Gasteiger charge is 2.23. The second-order valence-corrected chi connectivity index (χ2v) is 6.19. The zero-order valence-electron chi connectivity index (χ0n) is 12.0. The van der Waals surface area contributed by atoms with Crippen molar-refractivity contribution in [2.75, 3.05) is 0 Å². The molecule has 0 spiro atoms. The molecule has 0 bridgehead atoms. The standard InChI is InChI=1S/C16H11ClN2O3S/c1-9(20)18-16-19-15(21)14(23-16)8-12-6-7-13(22-12)10-2-4-11(17)5-3-10/h2-8H,1H3,(H,18,19,20,21). The van der Waals surface area contributed by atoms with Crippen LogP contribution in [0.2, 0.25) is 5.02 Å². The van der Waals surface area contributed by atoms with E-state index in [1.54, 1.807) is 24.3 Å². The topological polar surface area (TPSA) is 71.7 Å². The third kappa shape index (κ3) is 3.72. The number of rotatable bonds is 2. The van der Waals surface area contributed by atoms with E-state index < -0.39 is 5.91 Å². The number of furan rings is 1. The number of amides is 2. The third-order valence-electron chi connectivity index (χ3n) is 2.93. The van der Waals surface area contributed by atoms with Crippen molar-refractivity contribution in [3.8, 4) is 11.3 Å². The summed E-state index contributed by atoms with van der Waals surface area (Å²) in [5, 5.41) is 3.42. The Hall–Kier alpha value is -2.31. The fourth-order valence-corrected chi connectivity index (χ4v) is 2.91. The summed E-state index contributed by atoms with van der Waals surface area (Å²) in [7, 11) is 0. The highest BCUT2D eigenvalue weighted by Crippen LogP contribution is 2.30. The van der Waals surface area contributed by atoms with E-state index in [-0.39, 0.29) is 11.1 Å². The van der Waals surface area contributed by atoms with Gasteiger partial charge in [-0.3, -0.25) is 9.59 Å². The van der Waals surface area contributed by atoms with Gasteiger partial charge >= 0.3 is 0 Å². The van der Waals surface area contributed by atoms with E-state index in [0.717, 1.165) is 17.3 Å². The highest BCUT2D eigenvalue weighted by molar-refractivity contribution is 8.18. The van der Waals surface area contributed by atoms with E-state index in [4.69, 9.17) is 16.0 Å². The Labute approximate surface area is 141 Å². The van der Waals surface area contributed by atoms with Crippen molar-refractivity contribution in [1.29, 1.82) is 0 Å². The lowest BCUT2D eigenvalue weighted by Gasteiger charge is -1.98. The predicted molar refractivity (Wildman–Crippen MR) is 91.0 cm³/mol. The van der Waals surface area contributed by atoms with Crippen molar-refractivity contribution in [2.24, 2.45) is 4.99 Å². The van der Waals surface area contributed by atoms with Gasteiger partial charge in [0.1, 0.15) is 11.5 Å². The van der Waals surface area contributed by atoms with E-state index in [1.807, 2.05) is 18.2 Å². The summed E-state index contributed by atoms with van der Waals surface area (Å²) in [6.45, 7) is 1.36. The molecule has 0 saturated heterocycles. The first-order valence-electron chi connectivity index (χ1n) is 6.67. The van der Waals surface area contributed by atoms with Gasteiger partial charge in [0.2, 0.25) is 5.91 Å². The first-order valence-corrected chi connectivity index (χ1v) is 7.86. The number of carbonyl (C=O) groups excluding carboxylic acids is 2. The second-order valence-electron chi connectivity index (χ2n) is 4.72. The largest absolute Gasteiger partial charge is 0.457 e. The maximum atomic E-state index is 11.8. The zero-order chi connectivity index (χ0) is 16.4. The third-order valence-corrected chi connectivity index (χ3v) is 4.08. The Morgan fingerprint density at radius 2 is 2.00 bits per heavy atom. The van der Waals surface area contributed by atoms with Gasteiger partial charge in [0.25, 0.3) is 5.91 Å². The molecule has 1 N–H and O–H groups in total. The summed E-state index contributed by atoms with van der Waals surface area (Å²) in [6, 6.07) is 10.8. The molecule has 1 aliphatic heterocycles. The number of carbonyl (C=O) groups is 2. The molecule has 23 heavy (non-hydrogen) atoms. The Bertz CT molecular complexity index is 837. The molecule has 0 unspecified atom stereocenters. The van der Waals surface area contributed by atoms with E-state index in [9.17, 15) is 9.59 Å². The van der Waals surface area contributed by atoms with Crippen LogP contribution in [0.4, 0.5) is 0 Å². The van der Waals surface area contributed by atoms with E-state index >= 15 is 0 Å². The van der Waals surface area contributed by atoms with Gasteiger partial charge in [-0.05, 0) is 48.2 Å². The Morgan fingerprint density at radius 1 is 1.26 bits per heavy atom. The quantitative estimate of drug-likeness (QED) is 0.841. The summed E-state index contributed by atoms with van der Waals surface area (Å²) >= 11 is 6.96. The van der Waals surface area contributed by atoms with Crippen LogP contribution in [-0.2, 0) is 9.59 Å². The van der Waals surface area contributed by atoms with E-state index in [1.165, 1.54) is 6.92 Å². The molecule has 5 nitrogen and oxygen atoms in total. The molecule has 0 radical (unpaired) electrons. The normalized spacial score (nSPS) is 15.8. The number of benzene rings is 1. The lowest BCUT2D eigenvalue weighted by atomic mass is 10.2. The number of hydrogen-bond acceptors (Lipinski definition) is 4. The first kappa shape index (κ1) is 15.6. The number of nitrogens with zero attached hydrogens (tertiary/aromatic N) is 1. The predicted octanol–water partition coefficient (Wildman–Crippen LogP) is 3.71. The molecule has 1 aromatic carbocycles. The van der Waals surface area contributed by atoms with Crippen LogP contribution in [-0.4, -0.2) is 17.0 Å². The van der Waals surface area contributed by atoms with Gasteiger partial charge in [0, 0.05) is 23.6 Å². The molecule has 0 aliphatic carbocycles. The molecule has 1 aliphatic rings. The lowest BCUT2D eigenvalue weighted by Crippen LogP contribution is -2.23. The fourth-order valence-electron chi connectivity index (χ4n) is 1.94. The summed E-state index contributed by atoms with van der Waals surface area (Å²) in [6.07, 6.45) is 1.60. The number of nitrogens with one attached hydrogen (secondary N) is 1. The molecule has 116 valence electrons. The molecular formula is C16H11ClN2O3S. The summed E-state index contributed by atoms with van der Waals surface area (Å²) in [4.78, 5) is 27.0. The molecule has 1 aromatic heterocycles. The zero-order valence-corrected chi connectivity index (χ0v) is 13.6. The van der Waals surface area contributed by atoms with Crippen LogP contribution in [0, 0.1) is 0 Å². The molecule has 0 fully saturated rings. The number of amidine groups is 1. The minimum atomic E-state index is -0.400. The van der Waals surface area contributed by atoms with Gasteiger partial charge in [-0.15, -0.1) is 0 Å². The second kappa shape index (κ2) is 6.44.